The van der Waals surface area contributed by atoms with Crippen LogP contribution < -0.4 is 5.32 Å². The van der Waals surface area contributed by atoms with Gasteiger partial charge in [-0.05, 0) is 25.6 Å². The van der Waals surface area contributed by atoms with Gasteiger partial charge in [-0.25, -0.2) is 9.78 Å². The number of imidazole rings is 1. The maximum atomic E-state index is 12.4. The minimum Gasteiger partial charge on any atom is -0.347 e. The van der Waals surface area contributed by atoms with Crippen molar-refractivity contribution in [2.75, 3.05) is 32.0 Å². The maximum Gasteiger partial charge on any atom is 0.321 e. The number of carbonyl (C=O) groups excluding carboxylic acids is 1. The first-order valence-corrected chi connectivity index (χ1v) is 7.30. The number of aromatic amines is 1. The Morgan fingerprint density at radius 3 is 3.00 bits per heavy atom. The van der Waals surface area contributed by atoms with Crippen molar-refractivity contribution in [3.8, 4) is 0 Å². The standard InChI is InChI=1S/C15H20N6O/c1-11-7-12(9-16-8-11)19-15(22)21-6-5-20(2)13(10-21)14-17-3-4-18-14/h3-4,7-9,13H,5-6,10H2,1-2H3,(H,17,18)(H,19,22). The fourth-order valence-electron chi connectivity index (χ4n) is 2.64. The second kappa shape index (κ2) is 6.15. The average Bonchev–Trinajstić information content (AvgIpc) is 3.01. The summed E-state index contributed by atoms with van der Waals surface area (Å²) in [6.45, 7) is 4.06. The third-order valence-corrected chi connectivity index (χ3v) is 3.90. The molecule has 22 heavy (non-hydrogen) atoms. The molecule has 1 fully saturated rings. The molecule has 0 radical (unpaired) electrons. The number of amides is 2. The van der Waals surface area contributed by atoms with Crippen LogP contribution in [0.1, 0.15) is 17.4 Å². The molecule has 3 rings (SSSR count). The predicted molar refractivity (Wildman–Crippen MR) is 83.5 cm³/mol. The van der Waals surface area contributed by atoms with Crippen molar-refractivity contribution in [2.45, 2.75) is 13.0 Å². The summed E-state index contributed by atoms with van der Waals surface area (Å²) in [6.07, 6.45) is 6.96. The Kier molecular flexibility index (Phi) is 4.06. The third kappa shape index (κ3) is 3.09. The fraction of sp³-hybridized carbons (Fsp3) is 0.400. The quantitative estimate of drug-likeness (QED) is 0.884. The monoisotopic (exact) mass is 300 g/mol. The van der Waals surface area contributed by atoms with E-state index in [0.29, 0.717) is 13.1 Å². The Morgan fingerprint density at radius 1 is 1.41 bits per heavy atom. The van der Waals surface area contributed by atoms with Crippen LogP contribution in [0.2, 0.25) is 0 Å². The molecule has 7 heteroatoms. The Hall–Kier alpha value is -2.41. The molecular formula is C15H20N6O. The topological polar surface area (TPSA) is 77.2 Å². The van der Waals surface area contributed by atoms with Gasteiger partial charge in [-0.15, -0.1) is 0 Å². The predicted octanol–water partition coefficient (Wildman–Crippen LogP) is 1.63. The molecule has 1 aliphatic heterocycles. The number of rotatable bonds is 2. The number of nitrogens with zero attached hydrogens (tertiary/aromatic N) is 4. The summed E-state index contributed by atoms with van der Waals surface area (Å²) in [7, 11) is 2.05. The van der Waals surface area contributed by atoms with Gasteiger partial charge in [0.2, 0.25) is 0 Å². The van der Waals surface area contributed by atoms with Crippen molar-refractivity contribution >= 4 is 11.7 Å². The SMILES string of the molecule is Cc1cncc(NC(=O)N2CCN(C)C(c3ncc[nH]3)C2)c1. The number of likely N-dealkylation sites (N-methyl/N-ethyl adjacent to an activating group) is 1. The molecule has 7 nitrogen and oxygen atoms in total. The van der Waals surface area contributed by atoms with E-state index in [9.17, 15) is 4.79 Å². The highest BCUT2D eigenvalue weighted by molar-refractivity contribution is 5.89. The number of H-pyrrole nitrogens is 1. The number of nitrogens with one attached hydrogen (secondary N) is 2. The minimum atomic E-state index is -0.0999. The highest BCUT2D eigenvalue weighted by atomic mass is 16.2. The Morgan fingerprint density at radius 2 is 2.27 bits per heavy atom. The third-order valence-electron chi connectivity index (χ3n) is 3.90. The molecule has 0 aromatic carbocycles. The molecule has 1 atom stereocenters. The van der Waals surface area contributed by atoms with E-state index in [1.807, 2.05) is 24.9 Å². The van der Waals surface area contributed by atoms with Gasteiger partial charge in [0.25, 0.3) is 0 Å². The van der Waals surface area contributed by atoms with Gasteiger partial charge < -0.3 is 15.2 Å². The zero-order valence-corrected chi connectivity index (χ0v) is 12.8. The lowest BCUT2D eigenvalue weighted by Gasteiger charge is -2.38. The fourth-order valence-corrected chi connectivity index (χ4v) is 2.64. The first-order chi connectivity index (χ1) is 10.6. The van der Waals surface area contributed by atoms with Crippen LogP contribution in [0.4, 0.5) is 10.5 Å². The van der Waals surface area contributed by atoms with E-state index in [0.717, 1.165) is 23.6 Å². The summed E-state index contributed by atoms with van der Waals surface area (Å²) < 4.78 is 0. The van der Waals surface area contributed by atoms with Gasteiger partial charge in [-0.3, -0.25) is 9.88 Å². The van der Waals surface area contributed by atoms with Gasteiger partial charge in [-0.1, -0.05) is 0 Å². The Balaban J connectivity index is 1.68. The molecule has 0 aliphatic carbocycles. The summed E-state index contributed by atoms with van der Waals surface area (Å²) >= 11 is 0. The molecule has 116 valence electrons. The number of urea groups is 1. The molecule has 1 aliphatic rings. The van der Waals surface area contributed by atoms with Crippen LogP contribution in [-0.2, 0) is 0 Å². The zero-order chi connectivity index (χ0) is 15.5. The lowest BCUT2D eigenvalue weighted by Crippen LogP contribution is -2.50. The summed E-state index contributed by atoms with van der Waals surface area (Å²) in [5.41, 5.74) is 1.74. The highest BCUT2D eigenvalue weighted by Gasteiger charge is 2.29. The van der Waals surface area contributed by atoms with Crippen LogP contribution >= 0.6 is 0 Å². The van der Waals surface area contributed by atoms with Crippen molar-refractivity contribution in [3.63, 3.8) is 0 Å². The number of hydrogen-bond donors (Lipinski definition) is 2. The molecule has 3 heterocycles. The van der Waals surface area contributed by atoms with Gasteiger partial charge in [0, 0.05) is 38.2 Å². The Labute approximate surface area is 129 Å². The highest BCUT2D eigenvalue weighted by Crippen LogP contribution is 2.21. The second-order valence-electron chi connectivity index (χ2n) is 5.60. The number of carbonyl (C=O) groups is 1. The summed E-state index contributed by atoms with van der Waals surface area (Å²) in [4.78, 5) is 28.0. The number of hydrogen-bond acceptors (Lipinski definition) is 4. The molecular weight excluding hydrogens is 280 g/mol. The summed E-state index contributed by atoms with van der Waals surface area (Å²) in [5, 5.41) is 2.91. The Bertz CT molecular complexity index is 641. The van der Waals surface area contributed by atoms with Crippen LogP contribution in [0.25, 0.3) is 0 Å². The molecule has 2 aromatic rings. The minimum absolute atomic E-state index is 0.0881. The van der Waals surface area contributed by atoms with Crippen molar-refractivity contribution < 1.29 is 4.79 Å². The van der Waals surface area contributed by atoms with Gasteiger partial charge in [0.1, 0.15) is 5.82 Å². The largest absolute Gasteiger partial charge is 0.347 e. The summed E-state index contributed by atoms with van der Waals surface area (Å²) in [6, 6.07) is 1.90. The van der Waals surface area contributed by atoms with Gasteiger partial charge >= 0.3 is 6.03 Å². The van der Waals surface area contributed by atoms with E-state index in [-0.39, 0.29) is 12.1 Å². The number of aromatic nitrogens is 3. The van der Waals surface area contributed by atoms with E-state index in [2.05, 4.69) is 25.2 Å². The molecule has 0 spiro atoms. The molecule has 1 unspecified atom stereocenters. The lowest BCUT2D eigenvalue weighted by atomic mass is 10.1. The molecule has 1 saturated heterocycles. The van der Waals surface area contributed by atoms with Gasteiger partial charge in [0.15, 0.2) is 0 Å². The smallest absolute Gasteiger partial charge is 0.321 e. The van der Waals surface area contributed by atoms with Crippen LogP contribution in [0, 0.1) is 6.92 Å². The van der Waals surface area contributed by atoms with Crippen molar-refractivity contribution in [1.29, 1.82) is 0 Å². The van der Waals surface area contributed by atoms with Gasteiger partial charge in [-0.2, -0.15) is 0 Å². The summed E-state index contributed by atoms with van der Waals surface area (Å²) in [5.74, 6) is 0.886. The molecule has 0 bridgehead atoms. The van der Waals surface area contributed by atoms with E-state index in [1.54, 1.807) is 24.8 Å². The number of pyridine rings is 1. The second-order valence-corrected chi connectivity index (χ2v) is 5.60. The van der Waals surface area contributed by atoms with Crippen LogP contribution in [0.5, 0.6) is 0 Å². The van der Waals surface area contributed by atoms with Crippen molar-refractivity contribution in [2.24, 2.45) is 0 Å². The van der Waals surface area contributed by atoms with Gasteiger partial charge in [0.05, 0.1) is 17.9 Å². The molecule has 0 saturated carbocycles. The first kappa shape index (κ1) is 14.5. The number of anilines is 1. The van der Waals surface area contributed by atoms with Crippen LogP contribution in [-0.4, -0.2) is 57.5 Å². The van der Waals surface area contributed by atoms with Crippen LogP contribution in [0.3, 0.4) is 0 Å². The lowest BCUT2D eigenvalue weighted by molar-refractivity contribution is 0.112. The molecule has 2 aromatic heterocycles. The first-order valence-electron chi connectivity index (χ1n) is 7.30. The van der Waals surface area contributed by atoms with Crippen molar-refractivity contribution in [3.05, 3.63) is 42.2 Å². The maximum absolute atomic E-state index is 12.4. The molecule has 2 N–H and O–H groups in total. The number of aryl methyl sites for hydroxylation is 1. The van der Waals surface area contributed by atoms with E-state index >= 15 is 0 Å². The van der Waals surface area contributed by atoms with Crippen LogP contribution in [0.15, 0.2) is 30.9 Å². The average molecular weight is 300 g/mol. The number of piperazine rings is 1. The normalized spacial score (nSPS) is 19.2. The van der Waals surface area contributed by atoms with E-state index in [4.69, 9.17) is 0 Å². The zero-order valence-electron chi connectivity index (χ0n) is 12.8. The van der Waals surface area contributed by atoms with E-state index < -0.39 is 0 Å². The van der Waals surface area contributed by atoms with E-state index in [1.165, 1.54) is 0 Å². The van der Waals surface area contributed by atoms with Crippen molar-refractivity contribution in [1.82, 2.24) is 24.8 Å². The molecule has 2 amide bonds.